The minimum absolute atomic E-state index is 0.0444. The fourth-order valence-electron chi connectivity index (χ4n) is 4.83. The van der Waals surface area contributed by atoms with Gasteiger partial charge in [-0.15, -0.1) is 0 Å². The third kappa shape index (κ3) is 4.42. The van der Waals surface area contributed by atoms with Crippen LogP contribution < -0.4 is 5.56 Å². The molecule has 3 heterocycles. The number of benzene rings is 1. The quantitative estimate of drug-likeness (QED) is 0.284. The Hall–Kier alpha value is -3.14. The molecule has 5 rings (SSSR count). The number of hydrogen-bond acceptors (Lipinski definition) is 5. The van der Waals surface area contributed by atoms with Gasteiger partial charge in [0.05, 0.1) is 5.69 Å². The second-order valence-electron chi connectivity index (χ2n) is 9.38. The van der Waals surface area contributed by atoms with Crippen molar-refractivity contribution >= 4 is 33.0 Å². The summed E-state index contributed by atoms with van der Waals surface area (Å²) < 4.78 is 56.3. The molecule has 0 spiro atoms. The van der Waals surface area contributed by atoms with E-state index in [1.54, 1.807) is 38.4 Å². The van der Waals surface area contributed by atoms with Crippen LogP contribution in [0.15, 0.2) is 58.6 Å². The van der Waals surface area contributed by atoms with Gasteiger partial charge in [0.2, 0.25) is 0 Å². The molecule has 0 unspecified atom stereocenters. The molecule has 0 N–H and O–H groups in total. The number of halogens is 4. The van der Waals surface area contributed by atoms with E-state index < -0.39 is 37.6 Å². The highest BCUT2D eigenvalue weighted by atomic mass is 35.5. The number of aromatic nitrogens is 3. The first-order valence-electron chi connectivity index (χ1n) is 11.6. The zero-order valence-corrected chi connectivity index (χ0v) is 22.8. The summed E-state index contributed by atoms with van der Waals surface area (Å²) in [6.45, 7) is 3.22. The molecular weight excluding hydrogens is 555 g/mol. The standard InChI is InChI=1S/C27H21Cl2F2N3O3S/c1-13-11-33-25(15-5-4-6-21(23(15)30)38(3,36)37)24(31)26(13)34-14(2)9-18(22(29)27(34)35)16-10-17(16)19-12-32-8-7-20(19)28/h4-9,11-12,16-17H,10H2,1-3H3/t16-,17-/m0/s1. The molecule has 38 heavy (non-hydrogen) atoms. The lowest BCUT2D eigenvalue weighted by molar-refractivity contribution is 0.569. The Kier molecular flexibility index (Phi) is 6.65. The number of sulfone groups is 1. The van der Waals surface area contributed by atoms with E-state index in [1.165, 1.54) is 18.3 Å². The van der Waals surface area contributed by atoms with Gasteiger partial charge in [0.25, 0.3) is 5.56 Å². The van der Waals surface area contributed by atoms with E-state index >= 15 is 8.78 Å². The van der Waals surface area contributed by atoms with E-state index in [4.69, 9.17) is 23.2 Å². The highest BCUT2D eigenvalue weighted by molar-refractivity contribution is 7.90. The summed E-state index contributed by atoms with van der Waals surface area (Å²) in [6.07, 6.45) is 6.19. The summed E-state index contributed by atoms with van der Waals surface area (Å²) in [7, 11) is -3.91. The average molecular weight is 576 g/mol. The summed E-state index contributed by atoms with van der Waals surface area (Å²) in [6, 6.07) is 7.08. The zero-order valence-electron chi connectivity index (χ0n) is 20.5. The second-order valence-corrected chi connectivity index (χ2v) is 12.2. The lowest BCUT2D eigenvalue weighted by atomic mass is 10.0. The number of nitrogens with zero attached hydrogens (tertiary/aromatic N) is 3. The van der Waals surface area contributed by atoms with Gasteiger partial charge in [-0.05, 0) is 73.1 Å². The van der Waals surface area contributed by atoms with Crippen LogP contribution in [-0.2, 0) is 9.84 Å². The summed E-state index contributed by atoms with van der Waals surface area (Å²) in [5, 5.41) is 0.536. The topological polar surface area (TPSA) is 81.9 Å². The lowest BCUT2D eigenvalue weighted by Gasteiger charge is -2.18. The van der Waals surface area contributed by atoms with Crippen molar-refractivity contribution in [2.24, 2.45) is 0 Å². The molecule has 3 aromatic heterocycles. The van der Waals surface area contributed by atoms with Crippen LogP contribution in [0.4, 0.5) is 8.78 Å². The number of aryl methyl sites for hydroxylation is 2. The van der Waals surface area contributed by atoms with Crippen LogP contribution in [0.3, 0.4) is 0 Å². The monoisotopic (exact) mass is 575 g/mol. The third-order valence-electron chi connectivity index (χ3n) is 6.77. The maximum atomic E-state index is 16.0. The van der Waals surface area contributed by atoms with Crippen LogP contribution in [0, 0.1) is 25.5 Å². The van der Waals surface area contributed by atoms with Crippen LogP contribution in [0.5, 0.6) is 0 Å². The highest BCUT2D eigenvalue weighted by Crippen LogP contribution is 2.57. The molecule has 1 aliphatic rings. The van der Waals surface area contributed by atoms with Gasteiger partial charge in [-0.1, -0.05) is 29.3 Å². The Labute approximate surface area is 227 Å². The van der Waals surface area contributed by atoms with E-state index in [2.05, 4.69) is 9.97 Å². The van der Waals surface area contributed by atoms with Crippen molar-refractivity contribution in [3.63, 3.8) is 0 Å². The fourth-order valence-corrected chi connectivity index (χ4v) is 6.12. The van der Waals surface area contributed by atoms with Crippen LogP contribution in [0.2, 0.25) is 10.0 Å². The molecule has 0 bridgehead atoms. The molecule has 1 aromatic carbocycles. The highest BCUT2D eigenvalue weighted by Gasteiger charge is 2.43. The summed E-state index contributed by atoms with van der Waals surface area (Å²) >= 11 is 12.9. The van der Waals surface area contributed by atoms with Crippen molar-refractivity contribution in [2.75, 3.05) is 6.26 Å². The van der Waals surface area contributed by atoms with Gasteiger partial charge in [0.15, 0.2) is 21.5 Å². The molecule has 1 fully saturated rings. The Bertz CT molecular complexity index is 1790. The smallest absolute Gasteiger partial charge is 0.274 e. The molecule has 0 amide bonds. The zero-order chi connectivity index (χ0) is 27.5. The van der Waals surface area contributed by atoms with Crippen molar-refractivity contribution < 1.29 is 17.2 Å². The van der Waals surface area contributed by atoms with Crippen molar-refractivity contribution in [1.29, 1.82) is 0 Å². The van der Waals surface area contributed by atoms with E-state index in [0.29, 0.717) is 21.8 Å². The van der Waals surface area contributed by atoms with Crippen molar-refractivity contribution in [1.82, 2.24) is 14.5 Å². The maximum Gasteiger partial charge on any atom is 0.274 e. The molecule has 2 atom stereocenters. The molecular formula is C27H21Cl2F2N3O3S. The summed E-state index contributed by atoms with van der Waals surface area (Å²) in [4.78, 5) is 21.1. The predicted octanol–water partition coefficient (Wildman–Crippen LogP) is 6.17. The lowest BCUT2D eigenvalue weighted by Crippen LogP contribution is -2.24. The molecule has 196 valence electrons. The Morgan fingerprint density at radius 2 is 1.74 bits per heavy atom. The Morgan fingerprint density at radius 1 is 1.03 bits per heavy atom. The van der Waals surface area contributed by atoms with Crippen LogP contribution in [0.25, 0.3) is 16.9 Å². The van der Waals surface area contributed by atoms with Gasteiger partial charge in [-0.3, -0.25) is 19.3 Å². The van der Waals surface area contributed by atoms with Crippen LogP contribution in [0.1, 0.15) is 40.6 Å². The van der Waals surface area contributed by atoms with Gasteiger partial charge >= 0.3 is 0 Å². The first-order valence-corrected chi connectivity index (χ1v) is 14.2. The van der Waals surface area contributed by atoms with E-state index in [0.717, 1.165) is 28.9 Å². The van der Waals surface area contributed by atoms with Crippen LogP contribution >= 0.6 is 23.2 Å². The number of hydrogen-bond donors (Lipinski definition) is 0. The first kappa shape index (κ1) is 26.5. The molecule has 0 radical (unpaired) electrons. The second kappa shape index (κ2) is 9.55. The average Bonchev–Trinajstić information content (AvgIpc) is 3.64. The molecule has 1 saturated carbocycles. The SMILES string of the molecule is Cc1cnc(-c2cccc(S(C)(=O)=O)c2F)c(F)c1-n1c(C)cc([C@H]2C[C@@H]2c2cnccc2Cl)c(Cl)c1=O. The molecule has 0 aliphatic heterocycles. The first-order chi connectivity index (χ1) is 17.9. The number of rotatable bonds is 5. The van der Waals surface area contributed by atoms with Gasteiger partial charge in [-0.25, -0.2) is 17.2 Å². The van der Waals surface area contributed by atoms with Crippen molar-refractivity contribution in [3.8, 4) is 16.9 Å². The normalized spacial score (nSPS) is 17.0. The van der Waals surface area contributed by atoms with Crippen LogP contribution in [-0.4, -0.2) is 29.2 Å². The van der Waals surface area contributed by atoms with E-state index in [9.17, 15) is 13.2 Å². The van der Waals surface area contributed by atoms with Crippen molar-refractivity contribution in [3.05, 3.63) is 103 Å². The largest absolute Gasteiger partial charge is 0.277 e. The van der Waals surface area contributed by atoms with E-state index in [-0.39, 0.29) is 28.1 Å². The minimum atomic E-state index is -3.91. The fraction of sp³-hybridized carbons (Fsp3) is 0.222. The van der Waals surface area contributed by atoms with Crippen molar-refractivity contribution in [2.45, 2.75) is 37.0 Å². The predicted molar refractivity (Wildman–Crippen MR) is 142 cm³/mol. The minimum Gasteiger partial charge on any atom is -0.277 e. The third-order valence-corrected chi connectivity index (χ3v) is 8.60. The van der Waals surface area contributed by atoms with Gasteiger partial charge in [0.1, 0.15) is 15.6 Å². The summed E-state index contributed by atoms with van der Waals surface area (Å²) in [5.74, 6) is -2.09. The molecule has 6 nitrogen and oxygen atoms in total. The number of pyridine rings is 3. The van der Waals surface area contributed by atoms with E-state index in [1.807, 2.05) is 0 Å². The molecule has 4 aromatic rings. The molecule has 11 heteroatoms. The maximum absolute atomic E-state index is 16.0. The van der Waals surface area contributed by atoms with Gasteiger partial charge in [-0.2, -0.15) is 0 Å². The molecule has 0 saturated heterocycles. The van der Waals surface area contributed by atoms with Gasteiger partial charge < -0.3 is 0 Å². The summed E-state index contributed by atoms with van der Waals surface area (Å²) in [5.41, 5.74) is 0.702. The Balaban J connectivity index is 1.63. The molecule has 1 aliphatic carbocycles. The van der Waals surface area contributed by atoms with Gasteiger partial charge in [0, 0.05) is 41.1 Å². The Morgan fingerprint density at radius 3 is 2.42 bits per heavy atom.